The molecule has 0 N–H and O–H groups in total. The summed E-state index contributed by atoms with van der Waals surface area (Å²) in [5.74, 6) is -2.95. The van der Waals surface area contributed by atoms with Crippen molar-refractivity contribution in [2.24, 2.45) is 0 Å². The predicted molar refractivity (Wildman–Crippen MR) is 111 cm³/mol. The normalized spacial score (nSPS) is 10.4. The number of aromatic nitrogens is 2. The third-order valence-electron chi connectivity index (χ3n) is 4.20. The van der Waals surface area contributed by atoms with Crippen LogP contribution in [-0.4, -0.2) is 34.8 Å². The number of hydrogen-bond acceptors (Lipinski definition) is 7. The standard InChI is InChI=1S/C21H16ClFN4O5/c22-15-3-1-4-17(11-15)26(10-2-9-24)18(28)13-31-19(29)12-27-21(30)32-20(25-27)14-5-7-16(23)8-6-14/h1,3-8,11H,2,10,12-13H2. The highest BCUT2D eigenvalue weighted by atomic mass is 35.5. The quantitative estimate of drug-likeness (QED) is 0.476. The Labute approximate surface area is 186 Å². The second-order valence-electron chi connectivity index (χ2n) is 6.43. The van der Waals surface area contributed by atoms with Gasteiger partial charge in [-0.3, -0.25) is 9.59 Å². The molecule has 0 aliphatic rings. The lowest BCUT2D eigenvalue weighted by Gasteiger charge is -2.21. The Morgan fingerprint density at radius 2 is 2.00 bits per heavy atom. The molecule has 0 bridgehead atoms. The van der Waals surface area contributed by atoms with Crippen LogP contribution in [0.2, 0.25) is 5.02 Å². The number of amides is 1. The van der Waals surface area contributed by atoms with E-state index in [1.54, 1.807) is 24.3 Å². The van der Waals surface area contributed by atoms with Crippen molar-refractivity contribution in [3.63, 3.8) is 0 Å². The second-order valence-corrected chi connectivity index (χ2v) is 6.87. The van der Waals surface area contributed by atoms with E-state index in [4.69, 9.17) is 26.0 Å². The molecule has 0 aliphatic carbocycles. The van der Waals surface area contributed by atoms with E-state index in [0.29, 0.717) is 16.3 Å². The summed E-state index contributed by atoms with van der Waals surface area (Å²) in [4.78, 5) is 37.9. The second kappa shape index (κ2) is 10.4. The summed E-state index contributed by atoms with van der Waals surface area (Å²) in [6.45, 7) is -1.13. The van der Waals surface area contributed by atoms with E-state index in [-0.39, 0.29) is 18.9 Å². The smallest absolute Gasteiger partial charge is 0.437 e. The molecule has 3 rings (SSSR count). The fraction of sp³-hybridized carbons (Fsp3) is 0.190. The summed E-state index contributed by atoms with van der Waals surface area (Å²) in [6, 6.07) is 13.5. The van der Waals surface area contributed by atoms with Crippen LogP contribution in [0.5, 0.6) is 0 Å². The first kappa shape index (κ1) is 22.7. The van der Waals surface area contributed by atoms with Gasteiger partial charge in [0.05, 0.1) is 12.5 Å². The fourth-order valence-electron chi connectivity index (χ4n) is 2.71. The number of nitriles is 1. The summed E-state index contributed by atoms with van der Waals surface area (Å²) < 4.78 is 23.7. The van der Waals surface area contributed by atoms with Gasteiger partial charge in [0.15, 0.2) is 6.61 Å². The highest BCUT2D eigenvalue weighted by Crippen LogP contribution is 2.20. The van der Waals surface area contributed by atoms with Crippen LogP contribution in [0.15, 0.2) is 57.7 Å². The average molecular weight is 459 g/mol. The van der Waals surface area contributed by atoms with Gasteiger partial charge >= 0.3 is 11.7 Å². The third kappa shape index (κ3) is 5.80. The lowest BCUT2D eigenvalue weighted by atomic mass is 10.2. The van der Waals surface area contributed by atoms with Crippen LogP contribution < -0.4 is 10.7 Å². The van der Waals surface area contributed by atoms with E-state index in [2.05, 4.69) is 5.10 Å². The Morgan fingerprint density at radius 3 is 2.69 bits per heavy atom. The van der Waals surface area contributed by atoms with Crippen LogP contribution in [0.25, 0.3) is 11.5 Å². The van der Waals surface area contributed by atoms with Gasteiger partial charge in [-0.2, -0.15) is 9.94 Å². The van der Waals surface area contributed by atoms with Crippen LogP contribution >= 0.6 is 11.6 Å². The monoisotopic (exact) mass is 458 g/mol. The molecule has 1 aromatic heterocycles. The van der Waals surface area contributed by atoms with Crippen LogP contribution in [0, 0.1) is 17.1 Å². The molecule has 1 amide bonds. The number of ether oxygens (including phenoxy) is 1. The van der Waals surface area contributed by atoms with Crippen molar-refractivity contribution in [1.29, 1.82) is 5.26 Å². The zero-order valence-electron chi connectivity index (χ0n) is 16.5. The van der Waals surface area contributed by atoms with Gasteiger partial charge in [-0.1, -0.05) is 17.7 Å². The summed E-state index contributed by atoms with van der Waals surface area (Å²) in [7, 11) is 0. The van der Waals surface area contributed by atoms with Crippen molar-refractivity contribution < 1.29 is 23.1 Å². The summed E-state index contributed by atoms with van der Waals surface area (Å²) in [5, 5.41) is 13.1. The molecule has 3 aromatic rings. The SMILES string of the molecule is N#CCCN(C(=O)COC(=O)Cn1nc(-c2ccc(F)cc2)oc1=O)c1cccc(Cl)c1. The Hall–Kier alpha value is -3.97. The van der Waals surface area contributed by atoms with Gasteiger partial charge < -0.3 is 14.1 Å². The molecule has 0 unspecified atom stereocenters. The Balaban J connectivity index is 1.63. The van der Waals surface area contributed by atoms with Crippen molar-refractivity contribution >= 4 is 29.2 Å². The lowest BCUT2D eigenvalue weighted by Crippen LogP contribution is -2.36. The largest absolute Gasteiger partial charge is 0.454 e. The van der Waals surface area contributed by atoms with Crippen LogP contribution in [0.4, 0.5) is 10.1 Å². The fourth-order valence-corrected chi connectivity index (χ4v) is 2.89. The maximum Gasteiger partial charge on any atom is 0.437 e. The molecular formula is C21H16ClFN4O5. The third-order valence-corrected chi connectivity index (χ3v) is 4.44. The number of anilines is 1. The van der Waals surface area contributed by atoms with Crippen molar-refractivity contribution in [3.8, 4) is 17.5 Å². The highest BCUT2D eigenvalue weighted by Gasteiger charge is 2.19. The molecule has 32 heavy (non-hydrogen) atoms. The number of carbonyl (C=O) groups is 2. The molecular weight excluding hydrogens is 443 g/mol. The number of hydrogen-bond donors (Lipinski definition) is 0. The molecule has 9 nitrogen and oxygen atoms in total. The first-order valence-corrected chi connectivity index (χ1v) is 9.67. The first-order chi connectivity index (χ1) is 15.4. The number of rotatable bonds is 8. The van der Waals surface area contributed by atoms with Gasteiger partial charge in [0.1, 0.15) is 12.4 Å². The Bertz CT molecular complexity index is 1220. The summed E-state index contributed by atoms with van der Waals surface area (Å²) in [6.07, 6.45) is 0.0622. The molecule has 0 fully saturated rings. The van der Waals surface area contributed by atoms with E-state index in [1.807, 2.05) is 6.07 Å². The summed E-state index contributed by atoms with van der Waals surface area (Å²) >= 11 is 5.96. The maximum atomic E-state index is 13.0. The topological polar surface area (TPSA) is 118 Å². The number of benzene rings is 2. The van der Waals surface area contributed by atoms with Crippen molar-refractivity contribution in [2.45, 2.75) is 13.0 Å². The molecule has 0 aliphatic heterocycles. The Morgan fingerprint density at radius 1 is 1.25 bits per heavy atom. The minimum Gasteiger partial charge on any atom is -0.454 e. The van der Waals surface area contributed by atoms with Crippen molar-refractivity contribution in [2.75, 3.05) is 18.1 Å². The van der Waals surface area contributed by atoms with Gasteiger partial charge in [-0.05, 0) is 42.5 Å². The van der Waals surface area contributed by atoms with Crippen molar-refractivity contribution in [3.05, 3.63) is 69.9 Å². The lowest BCUT2D eigenvalue weighted by molar-refractivity contribution is -0.148. The van der Waals surface area contributed by atoms with Crippen LogP contribution in [0.3, 0.4) is 0 Å². The van der Waals surface area contributed by atoms with E-state index in [9.17, 15) is 18.8 Å². The molecule has 0 saturated heterocycles. The average Bonchev–Trinajstić information content (AvgIpc) is 3.13. The van der Waals surface area contributed by atoms with Gasteiger partial charge in [0, 0.05) is 22.8 Å². The zero-order valence-corrected chi connectivity index (χ0v) is 17.3. The number of nitrogens with zero attached hydrogens (tertiary/aromatic N) is 4. The van der Waals surface area contributed by atoms with Crippen molar-refractivity contribution in [1.82, 2.24) is 9.78 Å². The van der Waals surface area contributed by atoms with E-state index >= 15 is 0 Å². The van der Waals surface area contributed by atoms with Crippen LogP contribution in [0.1, 0.15) is 6.42 Å². The van der Waals surface area contributed by atoms with E-state index in [0.717, 1.165) is 4.68 Å². The molecule has 0 saturated carbocycles. The molecule has 0 radical (unpaired) electrons. The minimum absolute atomic E-state index is 0.0622. The van der Waals surface area contributed by atoms with Gasteiger partial charge in [-0.15, -0.1) is 5.10 Å². The van der Waals surface area contributed by atoms with E-state index < -0.39 is 36.6 Å². The van der Waals surface area contributed by atoms with Gasteiger partial charge in [-0.25, -0.2) is 9.18 Å². The first-order valence-electron chi connectivity index (χ1n) is 9.30. The number of halogens is 2. The van der Waals surface area contributed by atoms with Crippen LogP contribution in [-0.2, 0) is 20.9 Å². The molecule has 0 atom stereocenters. The zero-order chi connectivity index (χ0) is 23.1. The molecule has 2 aromatic carbocycles. The maximum absolute atomic E-state index is 13.0. The number of esters is 1. The molecule has 164 valence electrons. The molecule has 11 heteroatoms. The van der Waals surface area contributed by atoms with E-state index in [1.165, 1.54) is 29.2 Å². The summed E-state index contributed by atoms with van der Waals surface area (Å²) in [5.41, 5.74) is 0.797. The predicted octanol–water partition coefficient (Wildman–Crippen LogP) is 2.79. The Kier molecular flexibility index (Phi) is 7.36. The molecule has 0 spiro atoms. The van der Waals surface area contributed by atoms with Gasteiger partial charge in [0.2, 0.25) is 5.89 Å². The number of carbonyl (C=O) groups excluding carboxylic acids is 2. The van der Waals surface area contributed by atoms with Gasteiger partial charge in [0.25, 0.3) is 5.91 Å². The molecule has 1 heterocycles. The minimum atomic E-state index is -0.915. The highest BCUT2D eigenvalue weighted by molar-refractivity contribution is 6.30.